The highest BCUT2D eigenvalue weighted by atomic mass is 32.1. The number of aromatic nitrogens is 2. The van der Waals surface area contributed by atoms with E-state index in [9.17, 15) is 9.59 Å². The largest absolute Gasteiger partial charge is 0.352 e. The van der Waals surface area contributed by atoms with Gasteiger partial charge in [-0.15, -0.1) is 11.3 Å². The Balaban J connectivity index is 1.21. The molecule has 0 unspecified atom stereocenters. The SMILES string of the molecule is O=C(NCCCC(=O)N1CCN(c2ncnc3sccc23)CC1)c1ccccc1. The summed E-state index contributed by atoms with van der Waals surface area (Å²) in [6.07, 6.45) is 2.69. The zero-order chi connectivity index (χ0) is 20.1. The van der Waals surface area contributed by atoms with Gasteiger partial charge >= 0.3 is 0 Å². The van der Waals surface area contributed by atoms with E-state index in [2.05, 4.69) is 26.3 Å². The van der Waals surface area contributed by atoms with Crippen LogP contribution in [0, 0.1) is 0 Å². The molecule has 8 heteroatoms. The van der Waals surface area contributed by atoms with E-state index in [1.54, 1.807) is 29.8 Å². The van der Waals surface area contributed by atoms with E-state index in [0.29, 0.717) is 38.0 Å². The van der Waals surface area contributed by atoms with Gasteiger partial charge in [-0.05, 0) is 30.0 Å². The number of nitrogens with one attached hydrogen (secondary N) is 1. The van der Waals surface area contributed by atoms with Crippen molar-refractivity contribution in [2.45, 2.75) is 12.8 Å². The highest BCUT2D eigenvalue weighted by Gasteiger charge is 2.23. The summed E-state index contributed by atoms with van der Waals surface area (Å²) in [4.78, 5) is 38.4. The van der Waals surface area contributed by atoms with Gasteiger partial charge in [-0.1, -0.05) is 18.2 Å². The highest BCUT2D eigenvalue weighted by molar-refractivity contribution is 7.16. The lowest BCUT2D eigenvalue weighted by atomic mass is 10.2. The quantitative estimate of drug-likeness (QED) is 0.633. The van der Waals surface area contributed by atoms with E-state index in [1.165, 1.54) is 0 Å². The Morgan fingerprint density at radius 2 is 1.83 bits per heavy atom. The molecule has 1 aliphatic heterocycles. The van der Waals surface area contributed by atoms with Crippen LogP contribution < -0.4 is 10.2 Å². The molecule has 0 spiro atoms. The van der Waals surface area contributed by atoms with Gasteiger partial charge in [0, 0.05) is 44.7 Å². The van der Waals surface area contributed by atoms with E-state index in [0.717, 1.165) is 29.1 Å². The number of amides is 2. The lowest BCUT2D eigenvalue weighted by Gasteiger charge is -2.35. The molecule has 4 rings (SSSR count). The van der Waals surface area contributed by atoms with Crippen molar-refractivity contribution in [1.82, 2.24) is 20.2 Å². The first-order valence-electron chi connectivity index (χ1n) is 9.76. The number of piperazine rings is 1. The van der Waals surface area contributed by atoms with Gasteiger partial charge in [0.2, 0.25) is 5.91 Å². The number of hydrogen-bond donors (Lipinski definition) is 1. The molecule has 1 saturated heterocycles. The van der Waals surface area contributed by atoms with Gasteiger partial charge in [0.25, 0.3) is 5.91 Å². The van der Waals surface area contributed by atoms with Crippen LogP contribution in [0.1, 0.15) is 23.2 Å². The van der Waals surface area contributed by atoms with Crippen LogP contribution in [0.4, 0.5) is 5.82 Å². The van der Waals surface area contributed by atoms with Crippen molar-refractivity contribution in [2.24, 2.45) is 0 Å². The number of thiophene rings is 1. The molecule has 1 aliphatic rings. The van der Waals surface area contributed by atoms with Crippen molar-refractivity contribution in [3.05, 3.63) is 53.7 Å². The Labute approximate surface area is 173 Å². The fourth-order valence-corrected chi connectivity index (χ4v) is 4.22. The number of nitrogens with zero attached hydrogens (tertiary/aromatic N) is 4. The molecule has 0 radical (unpaired) electrons. The Morgan fingerprint density at radius 3 is 2.62 bits per heavy atom. The van der Waals surface area contributed by atoms with Crippen molar-refractivity contribution in [3.63, 3.8) is 0 Å². The maximum Gasteiger partial charge on any atom is 0.251 e. The molecular formula is C21H23N5O2S. The van der Waals surface area contributed by atoms with Crippen molar-refractivity contribution < 1.29 is 9.59 Å². The van der Waals surface area contributed by atoms with Gasteiger partial charge in [0.15, 0.2) is 0 Å². The highest BCUT2D eigenvalue weighted by Crippen LogP contribution is 2.27. The molecule has 0 bridgehead atoms. The van der Waals surface area contributed by atoms with Crippen LogP contribution in [0.25, 0.3) is 10.2 Å². The zero-order valence-electron chi connectivity index (χ0n) is 16.1. The summed E-state index contributed by atoms with van der Waals surface area (Å²) < 4.78 is 0. The molecule has 0 atom stereocenters. The first-order valence-corrected chi connectivity index (χ1v) is 10.6. The molecule has 1 fully saturated rings. The zero-order valence-corrected chi connectivity index (χ0v) is 16.9. The third kappa shape index (κ3) is 4.54. The van der Waals surface area contributed by atoms with E-state index in [-0.39, 0.29) is 11.8 Å². The number of fused-ring (bicyclic) bond motifs is 1. The Kier molecular flexibility index (Phi) is 6.00. The maximum atomic E-state index is 12.5. The molecular weight excluding hydrogens is 386 g/mol. The average Bonchev–Trinajstić information content (AvgIpc) is 3.26. The first kappa shape index (κ1) is 19.3. The molecule has 2 aromatic heterocycles. The van der Waals surface area contributed by atoms with Crippen molar-refractivity contribution in [2.75, 3.05) is 37.6 Å². The van der Waals surface area contributed by atoms with Gasteiger partial charge in [0.05, 0.1) is 5.39 Å². The third-order valence-corrected chi connectivity index (χ3v) is 5.88. The number of carbonyl (C=O) groups is 2. The van der Waals surface area contributed by atoms with Crippen LogP contribution in [0.5, 0.6) is 0 Å². The topological polar surface area (TPSA) is 78.4 Å². The van der Waals surface area contributed by atoms with Crippen LogP contribution >= 0.6 is 11.3 Å². The van der Waals surface area contributed by atoms with Crippen LogP contribution in [-0.4, -0.2) is 59.4 Å². The molecule has 150 valence electrons. The summed E-state index contributed by atoms with van der Waals surface area (Å²) in [6, 6.07) is 11.2. The average molecular weight is 410 g/mol. The second-order valence-corrected chi connectivity index (χ2v) is 7.82. The molecule has 1 N–H and O–H groups in total. The smallest absolute Gasteiger partial charge is 0.251 e. The van der Waals surface area contributed by atoms with Crippen LogP contribution in [0.3, 0.4) is 0 Å². The van der Waals surface area contributed by atoms with Crippen molar-refractivity contribution in [3.8, 4) is 0 Å². The van der Waals surface area contributed by atoms with Crippen LogP contribution in [0.2, 0.25) is 0 Å². The standard InChI is InChI=1S/C21H23N5O2S/c27-18(7-4-9-22-20(28)16-5-2-1-3-6-16)25-10-12-26(13-11-25)19-17-8-14-29-21(17)24-15-23-19/h1-3,5-6,8,14-15H,4,7,9-13H2,(H,22,28). The molecule has 29 heavy (non-hydrogen) atoms. The molecule has 0 saturated carbocycles. The fourth-order valence-electron chi connectivity index (χ4n) is 3.49. The number of hydrogen-bond acceptors (Lipinski definition) is 6. The van der Waals surface area contributed by atoms with Crippen molar-refractivity contribution >= 4 is 39.2 Å². The minimum Gasteiger partial charge on any atom is -0.352 e. The summed E-state index contributed by atoms with van der Waals surface area (Å²) in [5.41, 5.74) is 0.638. The Morgan fingerprint density at radius 1 is 1.03 bits per heavy atom. The number of rotatable bonds is 6. The normalized spacial score (nSPS) is 14.2. The number of carbonyl (C=O) groups excluding carboxylic acids is 2. The lowest BCUT2D eigenvalue weighted by Crippen LogP contribution is -2.49. The second-order valence-electron chi connectivity index (χ2n) is 6.93. The summed E-state index contributed by atoms with van der Waals surface area (Å²) in [5, 5.41) is 5.97. The van der Waals surface area contributed by atoms with E-state index >= 15 is 0 Å². The van der Waals surface area contributed by atoms with E-state index < -0.39 is 0 Å². The molecule has 2 amide bonds. The summed E-state index contributed by atoms with van der Waals surface area (Å²) in [7, 11) is 0. The summed E-state index contributed by atoms with van der Waals surface area (Å²) in [5.74, 6) is 0.991. The minimum atomic E-state index is -0.101. The summed E-state index contributed by atoms with van der Waals surface area (Å²) in [6.45, 7) is 3.39. The van der Waals surface area contributed by atoms with Crippen molar-refractivity contribution in [1.29, 1.82) is 0 Å². The Hall–Kier alpha value is -3.00. The predicted molar refractivity (Wildman–Crippen MR) is 114 cm³/mol. The molecule has 7 nitrogen and oxygen atoms in total. The van der Waals surface area contributed by atoms with Crippen LogP contribution in [0.15, 0.2) is 48.1 Å². The number of benzene rings is 1. The van der Waals surface area contributed by atoms with Gasteiger partial charge in [-0.3, -0.25) is 9.59 Å². The lowest BCUT2D eigenvalue weighted by molar-refractivity contribution is -0.131. The molecule has 0 aliphatic carbocycles. The Bertz CT molecular complexity index is 983. The van der Waals surface area contributed by atoms with Crippen LogP contribution in [-0.2, 0) is 4.79 Å². The first-order chi connectivity index (χ1) is 14.2. The predicted octanol–water partition coefficient (Wildman–Crippen LogP) is 2.55. The van der Waals surface area contributed by atoms with E-state index in [1.807, 2.05) is 28.5 Å². The molecule has 1 aromatic carbocycles. The second kappa shape index (κ2) is 9.00. The van der Waals surface area contributed by atoms with E-state index in [4.69, 9.17) is 0 Å². The third-order valence-electron chi connectivity index (χ3n) is 5.06. The van der Waals surface area contributed by atoms with Gasteiger partial charge in [-0.25, -0.2) is 9.97 Å². The molecule has 3 heterocycles. The van der Waals surface area contributed by atoms with Gasteiger partial charge in [0.1, 0.15) is 17.0 Å². The van der Waals surface area contributed by atoms with Gasteiger partial charge in [-0.2, -0.15) is 0 Å². The fraction of sp³-hybridized carbons (Fsp3) is 0.333. The monoisotopic (exact) mass is 409 g/mol. The van der Waals surface area contributed by atoms with Gasteiger partial charge < -0.3 is 15.1 Å². The molecule has 3 aromatic rings. The number of anilines is 1. The summed E-state index contributed by atoms with van der Waals surface area (Å²) >= 11 is 1.61. The maximum absolute atomic E-state index is 12.5. The minimum absolute atomic E-state index is 0.101.